The Kier molecular flexibility index (Phi) is 4.33. The first-order valence-electron chi connectivity index (χ1n) is 6.60. The average molecular weight is 348 g/mol. The molecule has 0 amide bonds. The van der Waals surface area contributed by atoms with E-state index in [0.29, 0.717) is 16.3 Å². The minimum Gasteiger partial charge on any atom is -0.268 e. The van der Waals surface area contributed by atoms with Crippen LogP contribution in [0.25, 0.3) is 10.6 Å². The highest BCUT2D eigenvalue weighted by Crippen LogP contribution is 2.28. The minimum atomic E-state index is -3.62. The summed E-state index contributed by atoms with van der Waals surface area (Å²) in [5.74, 6) is 0. The van der Waals surface area contributed by atoms with E-state index in [4.69, 9.17) is 0 Å². The standard InChI is InChI=1S/C14H12N4O3S2/c19-13-6-4-11(17-18-13)12-5-7-14(22-12)23(20,21)16-9-10-3-1-2-8-15-10/h1-8,16H,9H2,(H,18,19). The van der Waals surface area contributed by atoms with Crippen molar-refractivity contribution in [2.24, 2.45) is 0 Å². The Labute approximate surface area is 136 Å². The summed E-state index contributed by atoms with van der Waals surface area (Å²) in [5.41, 5.74) is 0.839. The molecule has 0 aromatic carbocycles. The molecule has 3 aromatic heterocycles. The Morgan fingerprint density at radius 1 is 1.13 bits per heavy atom. The third-order valence-corrected chi connectivity index (χ3v) is 5.95. The summed E-state index contributed by atoms with van der Waals surface area (Å²) in [4.78, 5) is 15.7. The van der Waals surface area contributed by atoms with E-state index < -0.39 is 10.0 Å². The average Bonchev–Trinajstić information content (AvgIpc) is 3.06. The van der Waals surface area contributed by atoms with Gasteiger partial charge in [0.05, 0.1) is 17.1 Å². The second kappa shape index (κ2) is 6.41. The fraction of sp³-hybridized carbons (Fsp3) is 0.0714. The number of aromatic nitrogens is 3. The number of thiophene rings is 1. The predicted octanol–water partition coefficient (Wildman–Crippen LogP) is 1.37. The van der Waals surface area contributed by atoms with Crippen LogP contribution in [0.15, 0.2) is 57.7 Å². The highest BCUT2D eigenvalue weighted by atomic mass is 32.2. The van der Waals surface area contributed by atoms with E-state index in [0.717, 1.165) is 11.3 Å². The maximum atomic E-state index is 12.3. The third kappa shape index (κ3) is 3.70. The molecule has 0 bridgehead atoms. The zero-order chi connectivity index (χ0) is 16.3. The van der Waals surface area contributed by atoms with Crippen molar-refractivity contribution >= 4 is 21.4 Å². The van der Waals surface area contributed by atoms with Gasteiger partial charge >= 0.3 is 0 Å². The summed E-state index contributed by atoms with van der Waals surface area (Å²) in [6.07, 6.45) is 1.61. The molecular formula is C14H12N4O3S2. The van der Waals surface area contributed by atoms with Gasteiger partial charge in [-0.3, -0.25) is 9.78 Å². The van der Waals surface area contributed by atoms with Crippen molar-refractivity contribution in [2.45, 2.75) is 10.8 Å². The summed E-state index contributed by atoms with van der Waals surface area (Å²) < 4.78 is 27.3. The first kappa shape index (κ1) is 15.5. The number of hydrogen-bond donors (Lipinski definition) is 2. The zero-order valence-electron chi connectivity index (χ0n) is 11.8. The van der Waals surface area contributed by atoms with Crippen LogP contribution in [0.4, 0.5) is 0 Å². The molecule has 118 valence electrons. The molecule has 0 radical (unpaired) electrons. The highest BCUT2D eigenvalue weighted by Gasteiger charge is 2.17. The lowest BCUT2D eigenvalue weighted by Crippen LogP contribution is -2.22. The number of sulfonamides is 1. The molecule has 2 N–H and O–H groups in total. The van der Waals surface area contributed by atoms with Crippen LogP contribution in [-0.2, 0) is 16.6 Å². The van der Waals surface area contributed by atoms with Crippen LogP contribution in [0.3, 0.4) is 0 Å². The molecule has 0 saturated heterocycles. The summed E-state index contributed by atoms with van der Waals surface area (Å²) in [7, 11) is -3.62. The normalized spacial score (nSPS) is 11.5. The van der Waals surface area contributed by atoms with Gasteiger partial charge in [-0.1, -0.05) is 6.07 Å². The molecule has 23 heavy (non-hydrogen) atoms. The molecule has 0 aliphatic rings. The topological polar surface area (TPSA) is 105 Å². The number of nitrogens with zero attached hydrogens (tertiary/aromatic N) is 2. The van der Waals surface area contributed by atoms with Gasteiger partial charge in [0, 0.05) is 12.3 Å². The quantitative estimate of drug-likeness (QED) is 0.724. The van der Waals surface area contributed by atoms with Gasteiger partial charge in [0.15, 0.2) is 0 Å². The second-order valence-electron chi connectivity index (χ2n) is 4.57. The van der Waals surface area contributed by atoms with Crippen molar-refractivity contribution in [3.05, 3.63) is 64.7 Å². The number of rotatable bonds is 5. The molecule has 3 rings (SSSR count). The third-order valence-electron chi connectivity index (χ3n) is 2.95. The number of hydrogen-bond acceptors (Lipinski definition) is 6. The first-order valence-corrected chi connectivity index (χ1v) is 8.90. The number of aromatic amines is 1. The van der Waals surface area contributed by atoms with Crippen molar-refractivity contribution < 1.29 is 8.42 Å². The molecule has 0 spiro atoms. The number of nitrogens with one attached hydrogen (secondary N) is 2. The van der Waals surface area contributed by atoms with Crippen LogP contribution >= 0.6 is 11.3 Å². The van der Waals surface area contributed by atoms with Crippen molar-refractivity contribution in [2.75, 3.05) is 0 Å². The summed E-state index contributed by atoms with van der Waals surface area (Å²) >= 11 is 1.08. The van der Waals surface area contributed by atoms with Gasteiger partial charge in [0.1, 0.15) is 9.90 Å². The largest absolute Gasteiger partial charge is 0.268 e. The van der Waals surface area contributed by atoms with E-state index >= 15 is 0 Å². The first-order chi connectivity index (χ1) is 11.0. The molecule has 0 fully saturated rings. The van der Waals surface area contributed by atoms with E-state index in [1.165, 1.54) is 12.1 Å². The van der Waals surface area contributed by atoms with Crippen molar-refractivity contribution in [3.63, 3.8) is 0 Å². The SMILES string of the molecule is O=c1ccc(-c2ccc(S(=O)(=O)NCc3ccccn3)s2)n[nH]1. The lowest BCUT2D eigenvalue weighted by Gasteiger charge is -2.03. The highest BCUT2D eigenvalue weighted by molar-refractivity contribution is 7.91. The Balaban J connectivity index is 1.78. The van der Waals surface area contributed by atoms with Gasteiger partial charge in [-0.25, -0.2) is 18.2 Å². The Morgan fingerprint density at radius 2 is 2.00 bits per heavy atom. The van der Waals surface area contributed by atoms with E-state index in [2.05, 4.69) is 19.9 Å². The van der Waals surface area contributed by atoms with Gasteiger partial charge in [-0.2, -0.15) is 5.10 Å². The van der Waals surface area contributed by atoms with Crippen LogP contribution in [0.5, 0.6) is 0 Å². The molecule has 0 aliphatic carbocycles. The molecule has 0 unspecified atom stereocenters. The van der Waals surface area contributed by atoms with Crippen LogP contribution < -0.4 is 10.3 Å². The molecular weight excluding hydrogens is 336 g/mol. The fourth-order valence-corrected chi connectivity index (χ4v) is 4.15. The van der Waals surface area contributed by atoms with E-state index in [1.807, 2.05) is 0 Å². The van der Waals surface area contributed by atoms with Gasteiger partial charge in [-0.05, 0) is 30.3 Å². The Bertz CT molecular complexity index is 944. The van der Waals surface area contributed by atoms with E-state index in [9.17, 15) is 13.2 Å². The maximum Gasteiger partial charge on any atom is 0.264 e. The van der Waals surface area contributed by atoms with Crippen LogP contribution in [0.1, 0.15) is 5.69 Å². The van der Waals surface area contributed by atoms with E-state index in [-0.39, 0.29) is 16.3 Å². The Hall–Kier alpha value is -2.36. The molecule has 3 aromatic rings. The molecule has 0 saturated carbocycles. The zero-order valence-corrected chi connectivity index (χ0v) is 13.4. The van der Waals surface area contributed by atoms with Gasteiger partial charge in [0.2, 0.25) is 10.0 Å². The minimum absolute atomic E-state index is 0.118. The van der Waals surface area contributed by atoms with Gasteiger partial charge in [-0.15, -0.1) is 11.3 Å². The molecule has 9 heteroatoms. The van der Waals surface area contributed by atoms with Crippen LogP contribution in [0, 0.1) is 0 Å². The van der Waals surface area contributed by atoms with Crippen molar-refractivity contribution in [1.29, 1.82) is 0 Å². The lowest BCUT2D eigenvalue weighted by atomic mass is 10.3. The summed E-state index contributed by atoms with van der Waals surface area (Å²) in [6.45, 7) is 0.118. The van der Waals surface area contributed by atoms with Crippen LogP contribution in [0.2, 0.25) is 0 Å². The summed E-state index contributed by atoms with van der Waals surface area (Å²) in [5, 5.41) is 6.21. The molecule has 3 heterocycles. The van der Waals surface area contributed by atoms with Gasteiger partial charge < -0.3 is 0 Å². The summed E-state index contributed by atoms with van der Waals surface area (Å²) in [6, 6.07) is 11.3. The van der Waals surface area contributed by atoms with Crippen molar-refractivity contribution in [3.8, 4) is 10.6 Å². The lowest BCUT2D eigenvalue weighted by molar-refractivity contribution is 0.582. The molecule has 0 aliphatic heterocycles. The Morgan fingerprint density at radius 3 is 2.70 bits per heavy atom. The molecule has 0 atom stereocenters. The van der Waals surface area contributed by atoms with E-state index in [1.54, 1.807) is 36.5 Å². The molecule has 7 nitrogen and oxygen atoms in total. The van der Waals surface area contributed by atoms with Crippen LogP contribution in [-0.4, -0.2) is 23.6 Å². The smallest absolute Gasteiger partial charge is 0.264 e. The predicted molar refractivity (Wildman–Crippen MR) is 86.4 cm³/mol. The van der Waals surface area contributed by atoms with Crippen molar-refractivity contribution in [1.82, 2.24) is 19.9 Å². The van der Waals surface area contributed by atoms with Gasteiger partial charge in [0.25, 0.3) is 5.56 Å². The number of H-pyrrole nitrogens is 1. The second-order valence-corrected chi connectivity index (χ2v) is 7.65. The number of pyridine rings is 1. The maximum absolute atomic E-state index is 12.3. The monoisotopic (exact) mass is 348 g/mol. The fourth-order valence-electron chi connectivity index (χ4n) is 1.83.